The third-order valence-corrected chi connectivity index (χ3v) is 4.85. The molecule has 1 N–H and O–H groups in total. The maximum absolute atomic E-state index is 12.9. The van der Waals surface area contributed by atoms with Gasteiger partial charge in [-0.1, -0.05) is 0 Å². The molecule has 7 nitrogen and oxygen atoms in total. The number of piperazine rings is 1. The molecule has 1 atom stereocenters. The molecule has 1 aromatic carbocycles. The normalized spacial score (nSPS) is 21.2. The summed E-state index contributed by atoms with van der Waals surface area (Å²) in [5, 5.41) is 3.09. The zero-order valence-electron chi connectivity index (χ0n) is 14.8. The highest BCUT2D eigenvalue weighted by atomic mass is 16.5. The molecule has 1 unspecified atom stereocenters. The van der Waals surface area contributed by atoms with E-state index >= 15 is 0 Å². The van der Waals surface area contributed by atoms with E-state index in [1.807, 2.05) is 9.80 Å². The van der Waals surface area contributed by atoms with Gasteiger partial charge in [0.05, 0.1) is 20.8 Å². The van der Waals surface area contributed by atoms with Crippen molar-refractivity contribution in [2.24, 2.45) is 0 Å². The standard InChI is InChI=1S/C18H25N3O4/c1-24-15-8-13(9-16(10-15)25-2)18(23)20-6-3-4-14(12-20)21-7-5-19-11-17(21)22/h8-10,14,19H,3-7,11-12H2,1-2H3. The predicted molar refractivity (Wildman–Crippen MR) is 93.1 cm³/mol. The van der Waals surface area contributed by atoms with Gasteiger partial charge in [0.1, 0.15) is 11.5 Å². The number of carbonyl (C=O) groups excluding carboxylic acids is 2. The van der Waals surface area contributed by atoms with E-state index in [2.05, 4.69) is 5.32 Å². The Morgan fingerprint density at radius 1 is 1.16 bits per heavy atom. The summed E-state index contributed by atoms with van der Waals surface area (Å²) < 4.78 is 10.5. The highest BCUT2D eigenvalue weighted by Gasteiger charge is 2.32. The predicted octanol–water partition coefficient (Wildman–Crippen LogP) is 0.740. The number of hydrogen-bond acceptors (Lipinski definition) is 5. The van der Waals surface area contributed by atoms with Crippen molar-refractivity contribution in [2.75, 3.05) is 46.9 Å². The lowest BCUT2D eigenvalue weighted by Gasteiger charge is -2.41. The van der Waals surface area contributed by atoms with Gasteiger partial charge in [-0.05, 0) is 25.0 Å². The average molecular weight is 347 g/mol. The number of piperidine rings is 1. The van der Waals surface area contributed by atoms with Crippen LogP contribution in [0.1, 0.15) is 23.2 Å². The van der Waals surface area contributed by atoms with Crippen LogP contribution >= 0.6 is 0 Å². The van der Waals surface area contributed by atoms with Crippen LogP contribution in [0.5, 0.6) is 11.5 Å². The van der Waals surface area contributed by atoms with Crippen LogP contribution in [0.2, 0.25) is 0 Å². The quantitative estimate of drug-likeness (QED) is 0.870. The molecule has 0 aliphatic carbocycles. The van der Waals surface area contributed by atoms with Crippen molar-refractivity contribution in [2.45, 2.75) is 18.9 Å². The molecule has 0 radical (unpaired) electrons. The first kappa shape index (κ1) is 17.5. The average Bonchev–Trinajstić information content (AvgIpc) is 2.67. The third-order valence-electron chi connectivity index (χ3n) is 4.85. The van der Waals surface area contributed by atoms with E-state index in [1.54, 1.807) is 32.4 Å². The molecule has 2 amide bonds. The lowest BCUT2D eigenvalue weighted by Crippen LogP contribution is -2.57. The highest BCUT2D eigenvalue weighted by Crippen LogP contribution is 2.25. The van der Waals surface area contributed by atoms with Gasteiger partial charge in [-0.15, -0.1) is 0 Å². The van der Waals surface area contributed by atoms with E-state index in [4.69, 9.17) is 9.47 Å². The molecular weight excluding hydrogens is 322 g/mol. The van der Waals surface area contributed by atoms with E-state index in [0.717, 1.165) is 19.4 Å². The lowest BCUT2D eigenvalue weighted by atomic mass is 10.0. The number of amides is 2. The molecule has 136 valence electrons. The number of nitrogens with one attached hydrogen (secondary N) is 1. The molecule has 2 fully saturated rings. The maximum Gasteiger partial charge on any atom is 0.254 e. The zero-order chi connectivity index (χ0) is 17.8. The smallest absolute Gasteiger partial charge is 0.254 e. The van der Waals surface area contributed by atoms with Crippen LogP contribution in [0.3, 0.4) is 0 Å². The van der Waals surface area contributed by atoms with Crippen LogP contribution in [0.4, 0.5) is 0 Å². The van der Waals surface area contributed by atoms with Gasteiger partial charge in [0.2, 0.25) is 5.91 Å². The van der Waals surface area contributed by atoms with Crippen molar-refractivity contribution in [3.8, 4) is 11.5 Å². The summed E-state index contributed by atoms with van der Waals surface area (Å²) >= 11 is 0. The van der Waals surface area contributed by atoms with Crippen LogP contribution in [0.25, 0.3) is 0 Å². The Bertz CT molecular complexity index is 627. The molecule has 25 heavy (non-hydrogen) atoms. The second kappa shape index (κ2) is 7.74. The van der Waals surface area contributed by atoms with Crippen LogP contribution in [-0.2, 0) is 4.79 Å². The topological polar surface area (TPSA) is 71.1 Å². The molecule has 2 saturated heterocycles. The fourth-order valence-corrected chi connectivity index (χ4v) is 3.51. The minimum absolute atomic E-state index is 0.0514. The largest absolute Gasteiger partial charge is 0.497 e. The summed E-state index contributed by atoms with van der Waals surface area (Å²) in [4.78, 5) is 28.8. The van der Waals surface area contributed by atoms with Crippen molar-refractivity contribution < 1.29 is 19.1 Å². The Kier molecular flexibility index (Phi) is 5.43. The minimum Gasteiger partial charge on any atom is -0.497 e. The number of hydrogen-bond donors (Lipinski definition) is 1. The third kappa shape index (κ3) is 3.87. The summed E-state index contributed by atoms with van der Waals surface area (Å²) in [6.07, 6.45) is 1.84. The van der Waals surface area contributed by atoms with Gasteiger partial charge in [-0.3, -0.25) is 9.59 Å². The Labute approximate surface area is 147 Å². The van der Waals surface area contributed by atoms with Gasteiger partial charge in [-0.2, -0.15) is 0 Å². The van der Waals surface area contributed by atoms with E-state index in [-0.39, 0.29) is 17.9 Å². The fraction of sp³-hybridized carbons (Fsp3) is 0.556. The molecule has 0 saturated carbocycles. The number of methoxy groups -OCH3 is 2. The van der Waals surface area contributed by atoms with Crippen molar-refractivity contribution in [1.29, 1.82) is 0 Å². The van der Waals surface area contributed by atoms with Gasteiger partial charge >= 0.3 is 0 Å². The van der Waals surface area contributed by atoms with Crippen LogP contribution in [-0.4, -0.2) is 74.6 Å². The molecule has 2 heterocycles. The second-order valence-electron chi connectivity index (χ2n) is 6.41. The van der Waals surface area contributed by atoms with E-state index in [1.165, 1.54) is 0 Å². The zero-order valence-corrected chi connectivity index (χ0v) is 14.8. The minimum atomic E-state index is -0.0514. The van der Waals surface area contributed by atoms with Crippen LogP contribution in [0, 0.1) is 0 Å². The lowest BCUT2D eigenvalue weighted by molar-refractivity contribution is -0.135. The first-order valence-corrected chi connectivity index (χ1v) is 8.65. The number of rotatable bonds is 4. The summed E-state index contributed by atoms with van der Waals surface area (Å²) in [6, 6.07) is 5.30. The number of nitrogens with zero attached hydrogens (tertiary/aromatic N) is 2. The van der Waals surface area contributed by atoms with E-state index in [0.29, 0.717) is 43.2 Å². The number of carbonyl (C=O) groups is 2. The number of benzene rings is 1. The highest BCUT2D eigenvalue weighted by molar-refractivity contribution is 5.95. The van der Waals surface area contributed by atoms with Gasteiger partial charge in [0, 0.05) is 43.9 Å². The Morgan fingerprint density at radius 3 is 2.52 bits per heavy atom. The van der Waals surface area contributed by atoms with Crippen molar-refractivity contribution >= 4 is 11.8 Å². The van der Waals surface area contributed by atoms with Crippen LogP contribution in [0.15, 0.2) is 18.2 Å². The van der Waals surface area contributed by atoms with Crippen molar-refractivity contribution in [1.82, 2.24) is 15.1 Å². The summed E-state index contributed by atoms with van der Waals surface area (Å²) in [6.45, 7) is 3.18. The molecule has 7 heteroatoms. The van der Waals surface area contributed by atoms with Crippen molar-refractivity contribution in [3.05, 3.63) is 23.8 Å². The monoisotopic (exact) mass is 347 g/mol. The van der Waals surface area contributed by atoms with E-state index in [9.17, 15) is 9.59 Å². The summed E-state index contributed by atoms with van der Waals surface area (Å²) in [5.74, 6) is 1.25. The fourth-order valence-electron chi connectivity index (χ4n) is 3.51. The molecule has 3 rings (SSSR count). The Balaban J connectivity index is 1.74. The molecule has 0 aromatic heterocycles. The Morgan fingerprint density at radius 2 is 1.88 bits per heavy atom. The first-order valence-electron chi connectivity index (χ1n) is 8.65. The molecule has 2 aliphatic rings. The summed E-state index contributed by atoms with van der Waals surface area (Å²) in [5.41, 5.74) is 0.545. The molecule has 0 spiro atoms. The van der Waals surface area contributed by atoms with Gasteiger partial charge < -0.3 is 24.6 Å². The molecular formula is C18H25N3O4. The Hall–Kier alpha value is -2.28. The molecule has 0 bridgehead atoms. The number of likely N-dealkylation sites (tertiary alicyclic amines) is 1. The van der Waals surface area contributed by atoms with Gasteiger partial charge in [-0.25, -0.2) is 0 Å². The van der Waals surface area contributed by atoms with E-state index < -0.39 is 0 Å². The van der Waals surface area contributed by atoms with Gasteiger partial charge in [0.25, 0.3) is 5.91 Å². The van der Waals surface area contributed by atoms with Crippen molar-refractivity contribution in [3.63, 3.8) is 0 Å². The SMILES string of the molecule is COc1cc(OC)cc(C(=O)N2CCCC(N3CCNCC3=O)C2)c1. The van der Waals surface area contributed by atoms with Crippen LogP contribution < -0.4 is 14.8 Å². The molecule has 1 aromatic rings. The number of ether oxygens (including phenoxy) is 2. The van der Waals surface area contributed by atoms with Gasteiger partial charge in [0.15, 0.2) is 0 Å². The maximum atomic E-state index is 12.9. The summed E-state index contributed by atoms with van der Waals surface area (Å²) in [7, 11) is 3.13. The molecule has 2 aliphatic heterocycles. The second-order valence-corrected chi connectivity index (χ2v) is 6.41. The first-order chi connectivity index (χ1) is 12.1.